The van der Waals surface area contributed by atoms with Crippen molar-refractivity contribution < 1.29 is 19.1 Å². The molecule has 0 N–H and O–H groups in total. The number of aryl methyl sites for hydroxylation is 1. The van der Waals surface area contributed by atoms with E-state index < -0.39 is 0 Å². The minimum Gasteiger partial charge on any atom is -0.469 e. The van der Waals surface area contributed by atoms with Gasteiger partial charge in [0.2, 0.25) is 0 Å². The maximum atomic E-state index is 11.5. The summed E-state index contributed by atoms with van der Waals surface area (Å²) in [7, 11) is 2.78. The Hall–Kier alpha value is -1.84. The Morgan fingerprint density at radius 1 is 1.17 bits per heavy atom. The van der Waals surface area contributed by atoms with Crippen LogP contribution in [-0.4, -0.2) is 26.2 Å². The maximum Gasteiger partial charge on any atom is 0.337 e. The van der Waals surface area contributed by atoms with E-state index in [0.29, 0.717) is 12.0 Å². The first-order valence-corrected chi connectivity index (χ1v) is 5.93. The number of carbonyl (C=O) groups excluding carboxylic acids is 2. The third kappa shape index (κ3) is 2.37. The number of ether oxygens (including phenoxy) is 2. The first-order chi connectivity index (χ1) is 8.65. The normalized spacial score (nSPS) is 17.8. The van der Waals surface area contributed by atoms with Gasteiger partial charge in [-0.05, 0) is 42.5 Å². The summed E-state index contributed by atoms with van der Waals surface area (Å²) < 4.78 is 9.46. The molecule has 0 fully saturated rings. The summed E-state index contributed by atoms with van der Waals surface area (Å²) >= 11 is 0. The van der Waals surface area contributed by atoms with E-state index in [1.165, 1.54) is 14.2 Å². The van der Waals surface area contributed by atoms with Gasteiger partial charge >= 0.3 is 11.9 Å². The molecule has 4 nitrogen and oxygen atoms in total. The number of rotatable bonds is 2. The summed E-state index contributed by atoms with van der Waals surface area (Å²) in [5.74, 6) is -0.544. The molecular weight excluding hydrogens is 232 g/mol. The monoisotopic (exact) mass is 248 g/mol. The van der Waals surface area contributed by atoms with Crippen LogP contribution in [-0.2, 0) is 27.1 Å². The van der Waals surface area contributed by atoms with Crippen LogP contribution in [0.2, 0.25) is 0 Å². The SMILES string of the molecule is COC(=O)c1ccc2c(c1)CC[C@H](C(=O)OC)C2. The van der Waals surface area contributed by atoms with Crippen LogP contribution in [0.1, 0.15) is 27.9 Å². The van der Waals surface area contributed by atoms with Crippen molar-refractivity contribution in [2.24, 2.45) is 5.92 Å². The van der Waals surface area contributed by atoms with Gasteiger partial charge in [0.1, 0.15) is 0 Å². The average molecular weight is 248 g/mol. The number of fused-ring (bicyclic) bond motifs is 1. The van der Waals surface area contributed by atoms with Gasteiger partial charge in [0.15, 0.2) is 0 Å². The Morgan fingerprint density at radius 2 is 1.94 bits per heavy atom. The van der Waals surface area contributed by atoms with Crippen LogP contribution in [0.4, 0.5) is 0 Å². The van der Waals surface area contributed by atoms with Gasteiger partial charge in [0.05, 0.1) is 25.7 Å². The van der Waals surface area contributed by atoms with E-state index in [-0.39, 0.29) is 17.9 Å². The second kappa shape index (κ2) is 5.21. The number of esters is 2. The van der Waals surface area contributed by atoms with E-state index in [1.807, 2.05) is 12.1 Å². The van der Waals surface area contributed by atoms with Gasteiger partial charge in [0, 0.05) is 0 Å². The number of benzene rings is 1. The van der Waals surface area contributed by atoms with Gasteiger partial charge in [-0.25, -0.2) is 4.79 Å². The lowest BCUT2D eigenvalue weighted by molar-refractivity contribution is -0.145. The van der Waals surface area contributed by atoms with E-state index in [2.05, 4.69) is 0 Å². The van der Waals surface area contributed by atoms with Gasteiger partial charge in [0.25, 0.3) is 0 Å². The predicted octanol–water partition coefficient (Wildman–Crippen LogP) is 1.75. The van der Waals surface area contributed by atoms with Crippen molar-refractivity contribution in [3.8, 4) is 0 Å². The fourth-order valence-electron chi connectivity index (χ4n) is 2.37. The Morgan fingerprint density at radius 3 is 2.61 bits per heavy atom. The molecule has 96 valence electrons. The van der Waals surface area contributed by atoms with Crippen LogP contribution in [0.5, 0.6) is 0 Å². The molecule has 4 heteroatoms. The minimum absolute atomic E-state index is 0.0634. The Labute approximate surface area is 106 Å². The van der Waals surface area contributed by atoms with E-state index >= 15 is 0 Å². The molecule has 0 saturated carbocycles. The Balaban J connectivity index is 2.20. The highest BCUT2D eigenvalue weighted by Crippen LogP contribution is 2.27. The molecule has 0 spiro atoms. The lowest BCUT2D eigenvalue weighted by Crippen LogP contribution is -2.24. The van der Waals surface area contributed by atoms with Crippen molar-refractivity contribution in [2.45, 2.75) is 19.3 Å². The van der Waals surface area contributed by atoms with Crippen LogP contribution in [0, 0.1) is 5.92 Å². The molecule has 1 aliphatic carbocycles. The van der Waals surface area contributed by atoms with Gasteiger partial charge in [-0.15, -0.1) is 0 Å². The highest BCUT2D eigenvalue weighted by molar-refractivity contribution is 5.89. The zero-order valence-corrected chi connectivity index (χ0v) is 10.6. The van der Waals surface area contributed by atoms with Crippen molar-refractivity contribution >= 4 is 11.9 Å². The molecule has 0 saturated heterocycles. The molecule has 2 rings (SSSR count). The molecule has 0 radical (unpaired) electrons. The first-order valence-electron chi connectivity index (χ1n) is 5.93. The van der Waals surface area contributed by atoms with Crippen molar-refractivity contribution in [2.75, 3.05) is 14.2 Å². The summed E-state index contributed by atoms with van der Waals surface area (Å²) in [5.41, 5.74) is 2.80. The van der Waals surface area contributed by atoms with Crippen LogP contribution in [0.3, 0.4) is 0 Å². The quantitative estimate of drug-likeness (QED) is 0.748. The standard InChI is InChI=1S/C14H16O4/c1-17-13(15)11-5-3-10-8-12(14(16)18-2)6-4-9(10)7-11/h3,5,7,12H,4,6,8H2,1-2H3/t12-/m0/s1. The van der Waals surface area contributed by atoms with Crippen molar-refractivity contribution in [3.63, 3.8) is 0 Å². The number of hydrogen-bond acceptors (Lipinski definition) is 4. The Kier molecular flexibility index (Phi) is 3.65. The second-order valence-corrected chi connectivity index (χ2v) is 4.44. The molecule has 0 aromatic heterocycles. The highest BCUT2D eigenvalue weighted by Gasteiger charge is 2.25. The molecular formula is C14H16O4. The Bertz CT molecular complexity index is 479. The number of methoxy groups -OCH3 is 2. The van der Waals surface area contributed by atoms with E-state index in [0.717, 1.165) is 24.0 Å². The lowest BCUT2D eigenvalue weighted by Gasteiger charge is -2.22. The van der Waals surface area contributed by atoms with Crippen LogP contribution in [0.15, 0.2) is 18.2 Å². The van der Waals surface area contributed by atoms with Gasteiger partial charge in [-0.3, -0.25) is 4.79 Å². The molecule has 1 aromatic carbocycles. The largest absolute Gasteiger partial charge is 0.469 e. The molecule has 1 atom stereocenters. The maximum absolute atomic E-state index is 11.5. The topological polar surface area (TPSA) is 52.6 Å². The predicted molar refractivity (Wildman–Crippen MR) is 65.3 cm³/mol. The third-order valence-electron chi connectivity index (χ3n) is 3.39. The van der Waals surface area contributed by atoms with Crippen molar-refractivity contribution in [1.29, 1.82) is 0 Å². The lowest BCUT2D eigenvalue weighted by atomic mass is 9.83. The molecule has 0 amide bonds. The average Bonchev–Trinajstić information content (AvgIpc) is 2.44. The van der Waals surface area contributed by atoms with Crippen LogP contribution >= 0.6 is 0 Å². The summed E-state index contributed by atoms with van der Waals surface area (Å²) in [4.78, 5) is 22.9. The van der Waals surface area contributed by atoms with Gasteiger partial charge in [-0.2, -0.15) is 0 Å². The number of hydrogen-bond donors (Lipinski definition) is 0. The zero-order chi connectivity index (χ0) is 13.1. The van der Waals surface area contributed by atoms with Crippen LogP contribution in [0.25, 0.3) is 0 Å². The molecule has 0 heterocycles. The minimum atomic E-state index is -0.326. The van der Waals surface area contributed by atoms with Crippen molar-refractivity contribution in [1.82, 2.24) is 0 Å². The second-order valence-electron chi connectivity index (χ2n) is 4.44. The molecule has 0 bridgehead atoms. The summed E-state index contributed by atoms with van der Waals surface area (Å²) in [6.45, 7) is 0. The molecule has 0 aliphatic heterocycles. The molecule has 1 aromatic rings. The summed E-state index contributed by atoms with van der Waals surface area (Å²) in [6.07, 6.45) is 2.24. The molecule has 18 heavy (non-hydrogen) atoms. The van der Waals surface area contributed by atoms with Gasteiger partial charge in [-0.1, -0.05) is 6.07 Å². The zero-order valence-electron chi connectivity index (χ0n) is 10.6. The van der Waals surface area contributed by atoms with E-state index in [4.69, 9.17) is 9.47 Å². The molecule has 0 unspecified atom stereocenters. The van der Waals surface area contributed by atoms with E-state index in [1.54, 1.807) is 6.07 Å². The van der Waals surface area contributed by atoms with E-state index in [9.17, 15) is 9.59 Å². The first kappa shape index (κ1) is 12.6. The summed E-state index contributed by atoms with van der Waals surface area (Å²) in [6, 6.07) is 5.50. The smallest absolute Gasteiger partial charge is 0.337 e. The number of carbonyl (C=O) groups is 2. The fourth-order valence-corrected chi connectivity index (χ4v) is 2.37. The van der Waals surface area contributed by atoms with Gasteiger partial charge < -0.3 is 9.47 Å². The summed E-state index contributed by atoms with van der Waals surface area (Å²) in [5, 5.41) is 0. The fraction of sp³-hybridized carbons (Fsp3) is 0.429. The highest BCUT2D eigenvalue weighted by atomic mass is 16.5. The van der Waals surface area contributed by atoms with Crippen LogP contribution < -0.4 is 0 Å². The molecule has 1 aliphatic rings. The van der Waals surface area contributed by atoms with Crippen molar-refractivity contribution in [3.05, 3.63) is 34.9 Å². The third-order valence-corrected chi connectivity index (χ3v) is 3.39.